The van der Waals surface area contributed by atoms with Crippen LogP contribution in [0.25, 0.3) is 6.08 Å². The van der Waals surface area contributed by atoms with E-state index in [4.69, 9.17) is 14.2 Å². The van der Waals surface area contributed by atoms with Crippen LogP contribution in [0.2, 0.25) is 0 Å². The summed E-state index contributed by atoms with van der Waals surface area (Å²) in [6, 6.07) is 6.40. The minimum atomic E-state index is -0.146. The minimum absolute atomic E-state index is 0.0314. The van der Waals surface area contributed by atoms with E-state index in [0.29, 0.717) is 19.4 Å². The van der Waals surface area contributed by atoms with Gasteiger partial charge in [-0.25, -0.2) is 0 Å². The van der Waals surface area contributed by atoms with Crippen LogP contribution in [0.1, 0.15) is 55.9 Å². The van der Waals surface area contributed by atoms with Crippen molar-refractivity contribution in [3.63, 3.8) is 0 Å². The number of benzene rings is 1. The van der Waals surface area contributed by atoms with E-state index in [9.17, 15) is 4.79 Å². The third-order valence-corrected chi connectivity index (χ3v) is 4.64. The molecule has 1 spiro atoms. The van der Waals surface area contributed by atoms with Crippen LogP contribution in [-0.4, -0.2) is 30.9 Å². The second-order valence-corrected chi connectivity index (χ2v) is 6.70. The number of hydrogen-bond acceptors (Lipinski definition) is 4. The lowest BCUT2D eigenvalue weighted by molar-refractivity contribution is -0.142. The van der Waals surface area contributed by atoms with Gasteiger partial charge in [-0.1, -0.05) is 35.9 Å². The van der Waals surface area contributed by atoms with Crippen molar-refractivity contribution < 1.29 is 19.0 Å². The summed E-state index contributed by atoms with van der Waals surface area (Å²) in [5, 5.41) is 0. The van der Waals surface area contributed by atoms with Crippen LogP contribution in [0, 0.1) is 6.92 Å². The van der Waals surface area contributed by atoms with Crippen molar-refractivity contribution in [3.05, 3.63) is 41.0 Å². The smallest absolute Gasteiger partial charge is 0.306 e. The normalized spacial score (nSPS) is 25.9. The quantitative estimate of drug-likeness (QED) is 0.534. The van der Waals surface area contributed by atoms with Gasteiger partial charge in [-0.2, -0.15) is 0 Å². The maximum atomic E-state index is 11.4. The zero-order valence-electron chi connectivity index (χ0n) is 14.7. The van der Waals surface area contributed by atoms with Crippen LogP contribution in [-0.2, 0) is 19.0 Å². The zero-order chi connectivity index (χ0) is 17.2. The average molecular weight is 330 g/mol. The van der Waals surface area contributed by atoms with Crippen molar-refractivity contribution in [1.82, 2.24) is 0 Å². The summed E-state index contributed by atoms with van der Waals surface area (Å²) < 4.78 is 16.5. The third kappa shape index (κ3) is 4.05. The predicted molar refractivity (Wildman–Crippen MR) is 92.7 cm³/mol. The summed E-state index contributed by atoms with van der Waals surface area (Å²) in [6.45, 7) is 7.28. The highest BCUT2D eigenvalue weighted by molar-refractivity contribution is 5.69. The monoisotopic (exact) mass is 330 g/mol. The number of carbonyl (C=O) groups excluding carboxylic acids is 1. The molecule has 0 aromatic heterocycles. The molecule has 0 N–H and O–H groups in total. The number of aryl methyl sites for hydroxylation is 1. The summed E-state index contributed by atoms with van der Waals surface area (Å²) in [5.74, 6) is -0.146. The molecule has 24 heavy (non-hydrogen) atoms. The maximum absolute atomic E-state index is 11.4. The van der Waals surface area contributed by atoms with Gasteiger partial charge in [-0.3, -0.25) is 4.79 Å². The molecule has 1 aromatic rings. The largest absolute Gasteiger partial charge is 0.466 e. The Morgan fingerprint density at radius 3 is 2.96 bits per heavy atom. The molecule has 3 rings (SSSR count). The lowest BCUT2D eigenvalue weighted by atomic mass is 10.00. The van der Waals surface area contributed by atoms with E-state index in [0.717, 1.165) is 18.6 Å². The Morgan fingerprint density at radius 1 is 1.50 bits per heavy atom. The number of epoxide rings is 1. The molecule has 1 aliphatic carbocycles. The molecule has 2 fully saturated rings. The number of ether oxygens (including phenoxy) is 3. The first-order chi connectivity index (χ1) is 11.5. The van der Waals surface area contributed by atoms with Crippen LogP contribution in [0.15, 0.2) is 24.3 Å². The highest BCUT2D eigenvalue weighted by Crippen LogP contribution is 2.54. The zero-order valence-corrected chi connectivity index (χ0v) is 14.7. The van der Waals surface area contributed by atoms with E-state index < -0.39 is 0 Å². The van der Waals surface area contributed by atoms with Gasteiger partial charge in [0.25, 0.3) is 0 Å². The second-order valence-electron chi connectivity index (χ2n) is 6.70. The topological polar surface area (TPSA) is 48.1 Å². The third-order valence-electron chi connectivity index (χ3n) is 4.64. The molecule has 3 atom stereocenters. The fraction of sp³-hybridized carbons (Fsp3) is 0.550. The molecule has 2 aliphatic rings. The van der Waals surface area contributed by atoms with Crippen molar-refractivity contribution in [1.29, 1.82) is 0 Å². The van der Waals surface area contributed by atoms with Crippen molar-refractivity contribution in [2.24, 2.45) is 0 Å². The fourth-order valence-electron chi connectivity index (χ4n) is 3.00. The number of esters is 1. The molecular formula is C20H26O4. The Labute approximate surface area is 143 Å². The van der Waals surface area contributed by atoms with E-state index in [1.807, 2.05) is 13.0 Å². The van der Waals surface area contributed by atoms with Gasteiger partial charge in [0.15, 0.2) is 0 Å². The summed E-state index contributed by atoms with van der Waals surface area (Å²) in [7, 11) is 0. The van der Waals surface area contributed by atoms with Gasteiger partial charge in [0.1, 0.15) is 5.60 Å². The molecule has 1 aliphatic heterocycles. The minimum Gasteiger partial charge on any atom is -0.466 e. The molecule has 1 heterocycles. The first-order valence-electron chi connectivity index (χ1n) is 8.76. The highest BCUT2D eigenvalue weighted by atomic mass is 16.6. The lowest BCUT2D eigenvalue weighted by Crippen LogP contribution is -2.08. The SMILES string of the molecule is CCOC(=O)CC/C=C/c1cc(C)ccc1[C@@H](C)O[C@H]1C[C@]12CO2. The number of allylic oxidation sites excluding steroid dienone is 1. The van der Waals surface area contributed by atoms with Crippen LogP contribution in [0.3, 0.4) is 0 Å². The maximum Gasteiger partial charge on any atom is 0.306 e. The Kier molecular flexibility index (Phi) is 5.07. The molecule has 130 valence electrons. The summed E-state index contributed by atoms with van der Waals surface area (Å²) in [6.07, 6.45) is 6.51. The van der Waals surface area contributed by atoms with E-state index in [2.05, 4.69) is 38.1 Å². The van der Waals surface area contributed by atoms with E-state index in [1.54, 1.807) is 0 Å². The fourth-order valence-corrected chi connectivity index (χ4v) is 3.00. The molecule has 1 saturated heterocycles. The van der Waals surface area contributed by atoms with Crippen molar-refractivity contribution in [2.45, 2.75) is 57.8 Å². The van der Waals surface area contributed by atoms with Crippen molar-refractivity contribution >= 4 is 12.0 Å². The van der Waals surface area contributed by atoms with Crippen molar-refractivity contribution in [2.75, 3.05) is 13.2 Å². The predicted octanol–water partition coefficient (Wildman–Crippen LogP) is 3.97. The summed E-state index contributed by atoms with van der Waals surface area (Å²) in [5.41, 5.74) is 3.60. The number of carbonyl (C=O) groups is 1. The number of rotatable bonds is 8. The van der Waals surface area contributed by atoms with Crippen LogP contribution in [0.4, 0.5) is 0 Å². The molecule has 0 unspecified atom stereocenters. The Hall–Kier alpha value is -1.65. The highest BCUT2D eigenvalue weighted by Gasteiger charge is 2.67. The molecule has 1 aromatic carbocycles. The molecule has 4 nitrogen and oxygen atoms in total. The van der Waals surface area contributed by atoms with Crippen LogP contribution < -0.4 is 0 Å². The Balaban J connectivity index is 1.60. The van der Waals surface area contributed by atoms with Gasteiger partial charge in [0.2, 0.25) is 0 Å². The molecule has 1 saturated carbocycles. The van der Waals surface area contributed by atoms with Gasteiger partial charge in [0, 0.05) is 12.8 Å². The average Bonchev–Trinajstić information content (AvgIpc) is 3.45. The first-order valence-corrected chi connectivity index (χ1v) is 8.76. The molecule has 0 bridgehead atoms. The van der Waals surface area contributed by atoms with Crippen molar-refractivity contribution in [3.8, 4) is 0 Å². The molecular weight excluding hydrogens is 304 g/mol. The van der Waals surface area contributed by atoms with Crippen LogP contribution >= 0.6 is 0 Å². The standard InChI is InChI=1S/C20H26O4/c1-4-22-19(21)8-6-5-7-16-11-14(2)9-10-17(16)15(3)24-18-12-20(18)13-23-20/h5,7,9-11,15,18H,4,6,8,12-13H2,1-3H3/b7-5+/t15-,18+,20+/m1/s1. The van der Waals surface area contributed by atoms with Gasteiger partial charge in [0.05, 0.1) is 25.4 Å². The van der Waals surface area contributed by atoms with E-state index in [-0.39, 0.29) is 23.8 Å². The molecule has 0 amide bonds. The molecule has 0 radical (unpaired) electrons. The van der Waals surface area contributed by atoms with Gasteiger partial charge in [-0.05, 0) is 38.3 Å². The van der Waals surface area contributed by atoms with Gasteiger partial charge >= 0.3 is 5.97 Å². The summed E-state index contributed by atoms with van der Waals surface area (Å²) in [4.78, 5) is 11.4. The Bertz CT molecular complexity index is 631. The van der Waals surface area contributed by atoms with E-state index in [1.165, 1.54) is 11.1 Å². The first kappa shape index (κ1) is 17.2. The van der Waals surface area contributed by atoms with Crippen LogP contribution in [0.5, 0.6) is 0 Å². The van der Waals surface area contributed by atoms with E-state index >= 15 is 0 Å². The number of hydrogen-bond donors (Lipinski definition) is 0. The lowest BCUT2D eigenvalue weighted by Gasteiger charge is -2.16. The summed E-state index contributed by atoms with van der Waals surface area (Å²) >= 11 is 0. The molecule has 4 heteroatoms. The second kappa shape index (κ2) is 7.08. The Morgan fingerprint density at radius 2 is 2.29 bits per heavy atom. The van der Waals surface area contributed by atoms with Gasteiger partial charge in [-0.15, -0.1) is 0 Å². The van der Waals surface area contributed by atoms with Gasteiger partial charge < -0.3 is 14.2 Å².